The fourth-order valence-corrected chi connectivity index (χ4v) is 1.69. The maximum Gasteiger partial charge on any atom is 0.338 e. The summed E-state index contributed by atoms with van der Waals surface area (Å²) in [6.07, 6.45) is 0.683. The lowest BCUT2D eigenvalue weighted by atomic mass is 9.96. The average molecular weight is 218 g/mol. The van der Waals surface area contributed by atoms with Crippen molar-refractivity contribution in [3.63, 3.8) is 0 Å². The molecule has 0 atom stereocenters. The van der Waals surface area contributed by atoms with Crippen molar-refractivity contribution in [1.82, 2.24) is 0 Å². The molecule has 0 spiro atoms. The van der Waals surface area contributed by atoms with Crippen molar-refractivity contribution in [3.05, 3.63) is 34.4 Å². The third kappa shape index (κ3) is 2.20. The van der Waals surface area contributed by atoms with Crippen LogP contribution in [0.5, 0.6) is 0 Å². The van der Waals surface area contributed by atoms with Gasteiger partial charge in [-0.3, -0.25) is 0 Å². The van der Waals surface area contributed by atoms with Crippen molar-refractivity contribution in [2.24, 2.45) is 5.73 Å². The molecule has 0 amide bonds. The van der Waals surface area contributed by atoms with E-state index in [1.807, 2.05) is 13.0 Å². The van der Waals surface area contributed by atoms with Crippen LogP contribution >= 0.6 is 0 Å². The number of nitrogens with two attached hydrogens (primary N) is 1. The number of hydrogen-bond acceptors (Lipinski definition) is 4. The third-order valence-corrected chi connectivity index (χ3v) is 2.45. The molecule has 4 heteroatoms. The standard InChI is InChI=1S/C12H14N2O2/c1-3-10-9(7-14)4-8(6-13)5-11(10)12(15)16-2/h4-5H,3,7,14H2,1-2H3. The van der Waals surface area contributed by atoms with Crippen LogP contribution in [0.2, 0.25) is 0 Å². The molecule has 1 aromatic rings. The number of methoxy groups -OCH3 is 1. The predicted molar refractivity (Wildman–Crippen MR) is 59.8 cm³/mol. The van der Waals surface area contributed by atoms with Crippen LogP contribution in [0.15, 0.2) is 12.1 Å². The van der Waals surface area contributed by atoms with Crippen LogP contribution in [0.4, 0.5) is 0 Å². The second kappa shape index (κ2) is 5.29. The van der Waals surface area contributed by atoms with Crippen molar-refractivity contribution in [2.75, 3.05) is 7.11 Å². The Labute approximate surface area is 94.6 Å². The lowest BCUT2D eigenvalue weighted by Gasteiger charge is -2.11. The van der Waals surface area contributed by atoms with Crippen LogP contribution in [0.1, 0.15) is 34.0 Å². The first kappa shape index (κ1) is 12.2. The molecule has 0 aliphatic heterocycles. The Hall–Kier alpha value is -1.86. The van der Waals surface area contributed by atoms with Crippen LogP contribution in [-0.2, 0) is 17.7 Å². The molecular formula is C12H14N2O2. The van der Waals surface area contributed by atoms with E-state index in [1.165, 1.54) is 7.11 Å². The monoisotopic (exact) mass is 218 g/mol. The van der Waals surface area contributed by atoms with Crippen molar-refractivity contribution in [3.8, 4) is 6.07 Å². The normalized spacial score (nSPS) is 9.62. The van der Waals surface area contributed by atoms with Gasteiger partial charge in [0.05, 0.1) is 24.3 Å². The van der Waals surface area contributed by atoms with Gasteiger partial charge in [-0.15, -0.1) is 0 Å². The number of esters is 1. The van der Waals surface area contributed by atoms with Gasteiger partial charge < -0.3 is 10.5 Å². The molecule has 16 heavy (non-hydrogen) atoms. The summed E-state index contributed by atoms with van der Waals surface area (Å²) in [5.74, 6) is -0.427. The molecule has 1 rings (SSSR count). The van der Waals surface area contributed by atoms with Crippen molar-refractivity contribution in [1.29, 1.82) is 5.26 Å². The Balaban J connectivity index is 3.44. The Morgan fingerprint density at radius 2 is 2.25 bits per heavy atom. The van der Waals surface area contributed by atoms with Crippen LogP contribution in [-0.4, -0.2) is 13.1 Å². The van der Waals surface area contributed by atoms with Gasteiger partial charge in [-0.1, -0.05) is 6.92 Å². The Kier molecular flexibility index (Phi) is 4.03. The number of ether oxygens (including phenoxy) is 1. The first-order valence-electron chi connectivity index (χ1n) is 5.02. The summed E-state index contributed by atoms with van der Waals surface area (Å²) in [7, 11) is 1.32. The molecule has 1 aromatic carbocycles. The molecule has 0 saturated carbocycles. The number of rotatable bonds is 3. The molecule has 0 aromatic heterocycles. The summed E-state index contributed by atoms with van der Waals surface area (Å²) >= 11 is 0. The van der Waals surface area contributed by atoms with E-state index >= 15 is 0 Å². The molecule has 0 aliphatic rings. The molecule has 4 nitrogen and oxygen atoms in total. The van der Waals surface area contributed by atoms with Crippen LogP contribution < -0.4 is 5.73 Å². The zero-order valence-electron chi connectivity index (χ0n) is 9.41. The summed E-state index contributed by atoms with van der Waals surface area (Å²) in [6, 6.07) is 5.27. The van der Waals surface area contributed by atoms with Gasteiger partial charge in [0.1, 0.15) is 0 Å². The first-order valence-corrected chi connectivity index (χ1v) is 5.02. The van der Waals surface area contributed by atoms with E-state index in [0.717, 1.165) is 11.1 Å². The van der Waals surface area contributed by atoms with Gasteiger partial charge in [0.2, 0.25) is 0 Å². The van der Waals surface area contributed by atoms with E-state index in [1.54, 1.807) is 12.1 Å². The molecular weight excluding hydrogens is 204 g/mol. The average Bonchev–Trinajstić information content (AvgIpc) is 2.35. The minimum absolute atomic E-state index is 0.308. The molecule has 0 radical (unpaired) electrons. The zero-order valence-corrected chi connectivity index (χ0v) is 9.41. The summed E-state index contributed by atoms with van der Waals surface area (Å²) < 4.78 is 4.69. The van der Waals surface area contributed by atoms with Gasteiger partial charge in [-0.2, -0.15) is 5.26 Å². The van der Waals surface area contributed by atoms with Gasteiger partial charge >= 0.3 is 5.97 Å². The molecule has 0 aliphatic carbocycles. The second-order valence-corrected chi connectivity index (χ2v) is 3.32. The Morgan fingerprint density at radius 1 is 1.56 bits per heavy atom. The lowest BCUT2D eigenvalue weighted by Crippen LogP contribution is -2.11. The second-order valence-electron chi connectivity index (χ2n) is 3.32. The van der Waals surface area contributed by atoms with E-state index in [0.29, 0.717) is 24.1 Å². The highest BCUT2D eigenvalue weighted by molar-refractivity contribution is 5.92. The quantitative estimate of drug-likeness (QED) is 0.777. The van der Waals surface area contributed by atoms with Crippen LogP contribution in [0, 0.1) is 11.3 Å². The highest BCUT2D eigenvalue weighted by Gasteiger charge is 2.15. The number of nitrogens with zero attached hydrogens (tertiary/aromatic N) is 1. The predicted octanol–water partition coefficient (Wildman–Crippen LogP) is 1.37. The van der Waals surface area contributed by atoms with Crippen molar-refractivity contribution < 1.29 is 9.53 Å². The van der Waals surface area contributed by atoms with E-state index < -0.39 is 5.97 Å². The highest BCUT2D eigenvalue weighted by Crippen LogP contribution is 2.19. The summed E-state index contributed by atoms with van der Waals surface area (Å²) in [5.41, 5.74) is 8.14. The van der Waals surface area contributed by atoms with Crippen molar-refractivity contribution >= 4 is 5.97 Å². The maximum atomic E-state index is 11.6. The van der Waals surface area contributed by atoms with E-state index in [4.69, 9.17) is 11.0 Å². The third-order valence-electron chi connectivity index (χ3n) is 2.45. The van der Waals surface area contributed by atoms with Gasteiger partial charge in [0, 0.05) is 6.54 Å². The van der Waals surface area contributed by atoms with Crippen molar-refractivity contribution in [2.45, 2.75) is 19.9 Å². The van der Waals surface area contributed by atoms with Crippen LogP contribution in [0.25, 0.3) is 0 Å². The summed E-state index contributed by atoms with van der Waals surface area (Å²) in [6.45, 7) is 2.25. The smallest absolute Gasteiger partial charge is 0.338 e. The largest absolute Gasteiger partial charge is 0.465 e. The lowest BCUT2D eigenvalue weighted by molar-refractivity contribution is 0.0599. The first-order chi connectivity index (χ1) is 7.67. The van der Waals surface area contributed by atoms with Gasteiger partial charge in [-0.25, -0.2) is 4.79 Å². The number of nitriles is 1. The van der Waals surface area contributed by atoms with Gasteiger partial charge in [-0.05, 0) is 29.7 Å². The van der Waals surface area contributed by atoms with Gasteiger partial charge in [0.25, 0.3) is 0 Å². The fraction of sp³-hybridized carbons (Fsp3) is 0.333. The number of hydrogen-bond donors (Lipinski definition) is 1. The van der Waals surface area contributed by atoms with Gasteiger partial charge in [0.15, 0.2) is 0 Å². The van der Waals surface area contributed by atoms with E-state index in [9.17, 15) is 4.79 Å². The molecule has 0 unspecified atom stereocenters. The van der Waals surface area contributed by atoms with E-state index in [-0.39, 0.29) is 0 Å². The molecule has 0 fully saturated rings. The topological polar surface area (TPSA) is 76.1 Å². The number of carbonyl (C=O) groups excluding carboxylic acids is 1. The van der Waals surface area contributed by atoms with E-state index in [2.05, 4.69) is 4.74 Å². The molecule has 0 saturated heterocycles. The Bertz CT molecular complexity index is 447. The molecule has 84 valence electrons. The molecule has 2 N–H and O–H groups in total. The number of carbonyl (C=O) groups is 1. The maximum absolute atomic E-state index is 11.6. The summed E-state index contributed by atoms with van der Waals surface area (Å²) in [5, 5.41) is 8.86. The minimum Gasteiger partial charge on any atom is -0.465 e. The highest BCUT2D eigenvalue weighted by atomic mass is 16.5. The molecule has 0 bridgehead atoms. The molecule has 0 heterocycles. The summed E-state index contributed by atoms with van der Waals surface area (Å²) in [4.78, 5) is 11.6. The number of benzene rings is 1. The van der Waals surface area contributed by atoms with Crippen LogP contribution in [0.3, 0.4) is 0 Å². The zero-order chi connectivity index (χ0) is 12.1. The Morgan fingerprint density at radius 3 is 2.69 bits per heavy atom. The minimum atomic E-state index is -0.427. The fourth-order valence-electron chi connectivity index (χ4n) is 1.69. The SMILES string of the molecule is CCc1c(CN)cc(C#N)cc1C(=O)OC.